The number of nitrogens with one attached hydrogen (secondary N) is 2. The molecule has 2 N–H and O–H groups in total. The van der Waals surface area contributed by atoms with Crippen LogP contribution in [0.15, 0.2) is 24.3 Å². The van der Waals surface area contributed by atoms with Gasteiger partial charge < -0.3 is 10.6 Å². The van der Waals surface area contributed by atoms with Crippen LogP contribution in [0, 0.1) is 6.92 Å². The number of carbonyl (C=O) groups is 3. The third-order valence-electron chi connectivity index (χ3n) is 4.31. The van der Waals surface area contributed by atoms with Gasteiger partial charge in [0.2, 0.25) is 5.91 Å². The zero-order valence-corrected chi connectivity index (χ0v) is 14.5. The second kappa shape index (κ2) is 7.47. The van der Waals surface area contributed by atoms with Gasteiger partial charge in [0.25, 0.3) is 5.91 Å². The zero-order chi connectivity index (χ0) is 17.7. The van der Waals surface area contributed by atoms with Crippen LogP contribution in [0.5, 0.6) is 0 Å². The summed E-state index contributed by atoms with van der Waals surface area (Å²) in [5.74, 6) is -0.720. The molecule has 130 valence electrons. The molecule has 1 aromatic rings. The lowest BCUT2D eigenvalue weighted by Crippen LogP contribution is -2.43. The van der Waals surface area contributed by atoms with Crippen LogP contribution in [-0.2, 0) is 15.1 Å². The summed E-state index contributed by atoms with van der Waals surface area (Å²) in [6, 6.07) is 6.89. The lowest BCUT2D eigenvalue weighted by Gasteiger charge is -2.22. The molecule has 0 unspecified atom stereocenters. The van der Waals surface area contributed by atoms with E-state index in [0.717, 1.165) is 29.7 Å². The Morgan fingerprint density at radius 1 is 1.21 bits per heavy atom. The number of aryl methyl sites for hydroxylation is 1. The first-order valence-electron chi connectivity index (χ1n) is 8.36. The summed E-state index contributed by atoms with van der Waals surface area (Å²) in [5, 5.41) is 5.45. The number of amides is 4. The molecule has 1 aromatic carbocycles. The minimum absolute atomic E-state index is 0.252. The molecule has 24 heavy (non-hydrogen) atoms. The van der Waals surface area contributed by atoms with E-state index in [1.54, 1.807) is 6.92 Å². The van der Waals surface area contributed by atoms with Crippen LogP contribution in [-0.4, -0.2) is 35.8 Å². The quantitative estimate of drug-likeness (QED) is 0.593. The van der Waals surface area contributed by atoms with Crippen LogP contribution in [0.4, 0.5) is 4.79 Å². The summed E-state index contributed by atoms with van der Waals surface area (Å²) in [6.45, 7) is 6.01. The lowest BCUT2D eigenvalue weighted by molar-refractivity contribution is -0.134. The van der Waals surface area contributed by atoms with Crippen LogP contribution in [0.3, 0.4) is 0 Å². The first-order valence-corrected chi connectivity index (χ1v) is 8.36. The largest absolute Gasteiger partial charge is 0.355 e. The van der Waals surface area contributed by atoms with Gasteiger partial charge in [-0.3, -0.25) is 14.5 Å². The van der Waals surface area contributed by atoms with Crippen LogP contribution < -0.4 is 10.6 Å². The molecule has 1 atom stereocenters. The molecule has 6 heteroatoms. The molecule has 2 rings (SSSR count). The molecular formula is C18H25N3O3. The molecule has 0 aliphatic carbocycles. The molecule has 0 saturated carbocycles. The highest BCUT2D eigenvalue weighted by Gasteiger charge is 2.49. The first kappa shape index (κ1) is 18.0. The fourth-order valence-electron chi connectivity index (χ4n) is 2.73. The predicted molar refractivity (Wildman–Crippen MR) is 91.3 cm³/mol. The Hall–Kier alpha value is -2.37. The number of nitrogens with zero attached hydrogens (tertiary/aromatic N) is 1. The number of hydrogen-bond donors (Lipinski definition) is 2. The summed E-state index contributed by atoms with van der Waals surface area (Å²) in [4.78, 5) is 37.8. The van der Waals surface area contributed by atoms with E-state index in [1.165, 1.54) is 0 Å². The van der Waals surface area contributed by atoms with Crippen LogP contribution in [0.1, 0.15) is 44.2 Å². The van der Waals surface area contributed by atoms with Crippen LogP contribution in [0.2, 0.25) is 0 Å². The Labute approximate surface area is 142 Å². The summed E-state index contributed by atoms with van der Waals surface area (Å²) in [5.41, 5.74) is 0.646. The van der Waals surface area contributed by atoms with Gasteiger partial charge in [0.1, 0.15) is 12.1 Å². The average Bonchev–Trinajstić information content (AvgIpc) is 2.76. The second-order valence-corrected chi connectivity index (χ2v) is 6.37. The number of benzene rings is 1. The number of carbonyl (C=O) groups excluding carboxylic acids is 3. The van der Waals surface area contributed by atoms with E-state index in [4.69, 9.17) is 0 Å². The highest BCUT2D eigenvalue weighted by atomic mass is 16.2. The Kier molecular flexibility index (Phi) is 5.59. The van der Waals surface area contributed by atoms with Gasteiger partial charge in [-0.05, 0) is 25.8 Å². The Bertz CT molecular complexity index is 627. The fourth-order valence-corrected chi connectivity index (χ4v) is 2.73. The molecular weight excluding hydrogens is 306 g/mol. The van der Waals surface area contributed by atoms with Gasteiger partial charge in [-0.2, -0.15) is 0 Å². The maximum atomic E-state index is 12.7. The number of imide groups is 1. The smallest absolute Gasteiger partial charge is 0.325 e. The van der Waals surface area contributed by atoms with E-state index in [2.05, 4.69) is 17.6 Å². The summed E-state index contributed by atoms with van der Waals surface area (Å²) < 4.78 is 0. The van der Waals surface area contributed by atoms with Crippen molar-refractivity contribution in [3.8, 4) is 0 Å². The minimum Gasteiger partial charge on any atom is -0.355 e. The van der Waals surface area contributed by atoms with Crippen LogP contribution >= 0.6 is 0 Å². The minimum atomic E-state index is -1.13. The summed E-state index contributed by atoms with van der Waals surface area (Å²) in [6.07, 6.45) is 3.00. The Balaban J connectivity index is 2.03. The van der Waals surface area contributed by atoms with Crippen molar-refractivity contribution in [1.29, 1.82) is 0 Å². The van der Waals surface area contributed by atoms with E-state index >= 15 is 0 Å². The normalized spacial score (nSPS) is 20.2. The van der Waals surface area contributed by atoms with Gasteiger partial charge >= 0.3 is 6.03 Å². The van der Waals surface area contributed by atoms with Gasteiger partial charge in [-0.1, -0.05) is 49.6 Å². The maximum Gasteiger partial charge on any atom is 0.325 e. The number of rotatable bonds is 7. The van der Waals surface area contributed by atoms with Crippen molar-refractivity contribution in [3.05, 3.63) is 35.4 Å². The van der Waals surface area contributed by atoms with Crippen molar-refractivity contribution in [2.45, 2.75) is 45.6 Å². The van der Waals surface area contributed by atoms with Crippen molar-refractivity contribution in [3.63, 3.8) is 0 Å². The van der Waals surface area contributed by atoms with Crippen molar-refractivity contribution < 1.29 is 14.4 Å². The highest BCUT2D eigenvalue weighted by Crippen LogP contribution is 2.28. The molecule has 1 aliphatic rings. The number of urea groups is 1. The van der Waals surface area contributed by atoms with Gasteiger partial charge in [-0.15, -0.1) is 0 Å². The number of unbranched alkanes of at least 4 members (excludes halogenated alkanes) is 2. The third kappa shape index (κ3) is 3.75. The van der Waals surface area contributed by atoms with Crippen molar-refractivity contribution >= 4 is 17.8 Å². The SMILES string of the molecule is CCCCCNC(=O)CN1C(=O)N[C@](C)(c2ccc(C)cc2)C1=O. The maximum absolute atomic E-state index is 12.7. The Morgan fingerprint density at radius 2 is 1.88 bits per heavy atom. The van der Waals surface area contributed by atoms with E-state index in [1.807, 2.05) is 31.2 Å². The molecule has 1 fully saturated rings. The standard InChI is InChI=1S/C18H25N3O3/c1-4-5-6-11-19-15(22)12-21-16(23)18(3,20-17(21)24)14-9-7-13(2)8-10-14/h7-10H,4-6,11-12H2,1-3H3,(H,19,22)(H,20,24)/t18-/m1/s1. The summed E-state index contributed by atoms with van der Waals surface area (Å²) in [7, 11) is 0. The molecule has 1 aliphatic heterocycles. The zero-order valence-electron chi connectivity index (χ0n) is 14.5. The molecule has 0 aromatic heterocycles. The summed E-state index contributed by atoms with van der Waals surface area (Å²) >= 11 is 0. The van der Waals surface area contributed by atoms with Crippen molar-refractivity contribution in [2.75, 3.05) is 13.1 Å². The monoisotopic (exact) mass is 331 g/mol. The topological polar surface area (TPSA) is 78.5 Å². The lowest BCUT2D eigenvalue weighted by atomic mass is 9.91. The van der Waals surface area contributed by atoms with Gasteiger partial charge in [0.05, 0.1) is 0 Å². The van der Waals surface area contributed by atoms with E-state index in [9.17, 15) is 14.4 Å². The molecule has 0 bridgehead atoms. The number of hydrogen-bond acceptors (Lipinski definition) is 3. The van der Waals surface area contributed by atoms with Crippen LogP contribution in [0.25, 0.3) is 0 Å². The molecule has 0 spiro atoms. The van der Waals surface area contributed by atoms with Crippen molar-refractivity contribution in [2.24, 2.45) is 0 Å². The second-order valence-electron chi connectivity index (χ2n) is 6.37. The molecule has 1 heterocycles. The van der Waals surface area contributed by atoms with E-state index < -0.39 is 17.5 Å². The first-order chi connectivity index (χ1) is 11.4. The van der Waals surface area contributed by atoms with E-state index in [0.29, 0.717) is 12.1 Å². The average molecular weight is 331 g/mol. The van der Waals surface area contributed by atoms with E-state index in [-0.39, 0.29) is 12.5 Å². The molecule has 0 radical (unpaired) electrons. The highest BCUT2D eigenvalue weighted by molar-refractivity contribution is 6.09. The van der Waals surface area contributed by atoms with Gasteiger partial charge in [0, 0.05) is 6.54 Å². The predicted octanol–water partition coefficient (Wildman–Crippen LogP) is 2.07. The Morgan fingerprint density at radius 3 is 2.50 bits per heavy atom. The van der Waals surface area contributed by atoms with Crippen molar-refractivity contribution in [1.82, 2.24) is 15.5 Å². The van der Waals surface area contributed by atoms with Gasteiger partial charge in [-0.25, -0.2) is 4.79 Å². The molecule has 6 nitrogen and oxygen atoms in total. The van der Waals surface area contributed by atoms with Gasteiger partial charge in [0.15, 0.2) is 0 Å². The molecule has 4 amide bonds. The molecule has 1 saturated heterocycles. The third-order valence-corrected chi connectivity index (χ3v) is 4.31. The fraction of sp³-hybridized carbons (Fsp3) is 0.500.